The molecular weight excluding hydrogens is 877 g/mol. The first kappa shape index (κ1) is 68.1. The second-order valence-electron chi connectivity index (χ2n) is 20.6. The van der Waals surface area contributed by atoms with Crippen LogP contribution in [0.4, 0.5) is 0 Å². The molecule has 0 rings (SSSR count). The Bertz CT molecular complexity index is 1280. The molecule has 0 fully saturated rings. The molecule has 0 bridgehead atoms. The third kappa shape index (κ3) is 57.9. The Morgan fingerprint density at radius 2 is 0.507 bits per heavy atom. The van der Waals surface area contributed by atoms with Crippen LogP contribution in [0.25, 0.3) is 0 Å². The largest absolute Gasteiger partial charge is 0.462 e. The molecule has 71 heavy (non-hydrogen) atoms. The SMILES string of the molecule is CCCCC/C=C\C/C=C\CCCCCCCCCC(=O)OC[C@H](COC(=O)CCCCCCCCC/C=C\CCCCCCCCCC)OC(=O)CCCCCCCCC/C=C\C/C=C\CCCCC. The fourth-order valence-electron chi connectivity index (χ4n) is 8.79. The normalized spacial score (nSPS) is 12.4. The van der Waals surface area contributed by atoms with E-state index in [-0.39, 0.29) is 31.1 Å². The Morgan fingerprint density at radius 3 is 0.817 bits per heavy atom. The lowest BCUT2D eigenvalue weighted by molar-refractivity contribution is -0.167. The quantitative estimate of drug-likeness (QED) is 0.0261. The van der Waals surface area contributed by atoms with Gasteiger partial charge in [-0.1, -0.05) is 248 Å². The first-order valence-electron chi connectivity index (χ1n) is 30.8. The Morgan fingerprint density at radius 1 is 0.282 bits per heavy atom. The van der Waals surface area contributed by atoms with Gasteiger partial charge in [-0.25, -0.2) is 0 Å². The van der Waals surface area contributed by atoms with Gasteiger partial charge in [-0.2, -0.15) is 0 Å². The van der Waals surface area contributed by atoms with Crippen LogP contribution in [-0.4, -0.2) is 37.2 Å². The van der Waals surface area contributed by atoms with Crippen LogP contribution in [0.1, 0.15) is 316 Å². The number of hydrogen-bond acceptors (Lipinski definition) is 6. The van der Waals surface area contributed by atoms with Crippen LogP contribution in [0.2, 0.25) is 0 Å². The maximum Gasteiger partial charge on any atom is 0.306 e. The minimum absolute atomic E-state index is 0.0810. The van der Waals surface area contributed by atoms with E-state index in [0.717, 1.165) is 83.5 Å². The van der Waals surface area contributed by atoms with E-state index in [1.807, 2.05) is 0 Å². The molecule has 0 heterocycles. The van der Waals surface area contributed by atoms with Gasteiger partial charge in [0.15, 0.2) is 6.10 Å². The Balaban J connectivity index is 4.39. The monoisotopic (exact) mass is 993 g/mol. The highest BCUT2D eigenvalue weighted by Gasteiger charge is 2.19. The van der Waals surface area contributed by atoms with Crippen LogP contribution >= 0.6 is 0 Å². The van der Waals surface area contributed by atoms with Gasteiger partial charge in [0.25, 0.3) is 0 Å². The van der Waals surface area contributed by atoms with E-state index < -0.39 is 6.10 Å². The lowest BCUT2D eigenvalue weighted by Crippen LogP contribution is -2.30. The lowest BCUT2D eigenvalue weighted by Gasteiger charge is -2.18. The van der Waals surface area contributed by atoms with Crippen molar-refractivity contribution in [1.82, 2.24) is 0 Å². The van der Waals surface area contributed by atoms with Gasteiger partial charge < -0.3 is 14.2 Å². The first-order valence-corrected chi connectivity index (χ1v) is 30.8. The highest BCUT2D eigenvalue weighted by Crippen LogP contribution is 2.16. The molecule has 0 aliphatic carbocycles. The molecule has 6 nitrogen and oxygen atoms in total. The molecule has 0 radical (unpaired) electrons. The summed E-state index contributed by atoms with van der Waals surface area (Å²) in [5.41, 5.74) is 0. The molecule has 0 aromatic rings. The van der Waals surface area contributed by atoms with Crippen molar-refractivity contribution in [2.24, 2.45) is 0 Å². The smallest absolute Gasteiger partial charge is 0.306 e. The first-order chi connectivity index (χ1) is 35.0. The predicted octanol–water partition coefficient (Wildman–Crippen LogP) is 20.8. The third-order valence-corrected chi connectivity index (χ3v) is 13.5. The zero-order chi connectivity index (χ0) is 51.4. The van der Waals surface area contributed by atoms with Gasteiger partial charge in [-0.15, -0.1) is 0 Å². The van der Waals surface area contributed by atoms with Gasteiger partial charge in [0, 0.05) is 19.3 Å². The summed E-state index contributed by atoms with van der Waals surface area (Å²) in [6, 6.07) is 0. The molecule has 0 spiro atoms. The molecule has 0 N–H and O–H groups in total. The van der Waals surface area contributed by atoms with Crippen molar-refractivity contribution in [3.8, 4) is 0 Å². The number of allylic oxidation sites excluding steroid dienone is 10. The number of ether oxygens (including phenoxy) is 3. The number of esters is 3. The summed E-state index contributed by atoms with van der Waals surface area (Å²) >= 11 is 0. The van der Waals surface area contributed by atoms with Crippen LogP contribution < -0.4 is 0 Å². The topological polar surface area (TPSA) is 78.9 Å². The van der Waals surface area contributed by atoms with Crippen molar-refractivity contribution in [2.45, 2.75) is 322 Å². The zero-order valence-electron chi connectivity index (χ0n) is 47.2. The maximum atomic E-state index is 12.9. The molecule has 0 saturated heterocycles. The summed E-state index contributed by atoms with van der Waals surface area (Å²) in [6.07, 6.45) is 74.9. The van der Waals surface area contributed by atoms with Gasteiger partial charge in [-0.3, -0.25) is 14.4 Å². The molecule has 0 saturated carbocycles. The number of carbonyl (C=O) groups is 3. The molecule has 0 aromatic heterocycles. The average molecular weight is 994 g/mol. The zero-order valence-corrected chi connectivity index (χ0v) is 47.2. The number of rotatable bonds is 56. The van der Waals surface area contributed by atoms with Crippen molar-refractivity contribution in [3.63, 3.8) is 0 Å². The van der Waals surface area contributed by atoms with Gasteiger partial charge in [-0.05, 0) is 109 Å². The lowest BCUT2D eigenvalue weighted by atomic mass is 10.1. The van der Waals surface area contributed by atoms with E-state index in [2.05, 4.69) is 81.5 Å². The van der Waals surface area contributed by atoms with Crippen molar-refractivity contribution in [1.29, 1.82) is 0 Å². The summed E-state index contributed by atoms with van der Waals surface area (Å²) < 4.78 is 16.9. The van der Waals surface area contributed by atoms with Gasteiger partial charge in [0.1, 0.15) is 13.2 Å². The van der Waals surface area contributed by atoms with Crippen molar-refractivity contribution in [2.75, 3.05) is 13.2 Å². The fraction of sp³-hybridized carbons (Fsp3) is 0.800. The molecule has 0 unspecified atom stereocenters. The molecular formula is C65H116O6. The highest BCUT2D eigenvalue weighted by atomic mass is 16.6. The Hall–Kier alpha value is -2.89. The molecule has 0 aliphatic rings. The van der Waals surface area contributed by atoms with E-state index in [1.165, 1.54) is 193 Å². The number of hydrogen-bond donors (Lipinski definition) is 0. The van der Waals surface area contributed by atoms with Crippen LogP contribution in [0, 0.1) is 0 Å². The summed E-state index contributed by atoms with van der Waals surface area (Å²) in [6.45, 7) is 6.61. The second kappa shape index (κ2) is 59.7. The highest BCUT2D eigenvalue weighted by molar-refractivity contribution is 5.71. The second-order valence-corrected chi connectivity index (χ2v) is 20.6. The van der Waals surface area contributed by atoms with Crippen LogP contribution in [0.3, 0.4) is 0 Å². The van der Waals surface area contributed by atoms with Gasteiger partial charge in [0.2, 0.25) is 0 Å². The van der Waals surface area contributed by atoms with E-state index in [9.17, 15) is 14.4 Å². The summed E-state index contributed by atoms with van der Waals surface area (Å²) in [7, 11) is 0. The van der Waals surface area contributed by atoms with Crippen LogP contribution in [0.15, 0.2) is 60.8 Å². The molecule has 6 heteroatoms. The number of unbranched alkanes of at least 4 members (excludes halogenated alkanes) is 35. The minimum Gasteiger partial charge on any atom is -0.462 e. The predicted molar refractivity (Wildman–Crippen MR) is 307 cm³/mol. The molecule has 0 aromatic carbocycles. The van der Waals surface area contributed by atoms with E-state index in [4.69, 9.17) is 14.2 Å². The summed E-state index contributed by atoms with van der Waals surface area (Å²) in [5.74, 6) is -0.886. The molecule has 0 aliphatic heterocycles. The minimum atomic E-state index is -0.784. The number of carbonyl (C=O) groups excluding carboxylic acids is 3. The van der Waals surface area contributed by atoms with Gasteiger partial charge >= 0.3 is 17.9 Å². The molecule has 0 amide bonds. The van der Waals surface area contributed by atoms with E-state index in [0.29, 0.717) is 19.3 Å². The van der Waals surface area contributed by atoms with E-state index in [1.54, 1.807) is 0 Å². The van der Waals surface area contributed by atoms with Crippen molar-refractivity contribution in [3.05, 3.63) is 60.8 Å². The molecule has 1 atom stereocenters. The van der Waals surface area contributed by atoms with Gasteiger partial charge in [0.05, 0.1) is 0 Å². The van der Waals surface area contributed by atoms with Crippen LogP contribution in [-0.2, 0) is 28.6 Å². The summed E-state index contributed by atoms with van der Waals surface area (Å²) in [5, 5.41) is 0. The summed E-state index contributed by atoms with van der Waals surface area (Å²) in [4.78, 5) is 38.3. The maximum absolute atomic E-state index is 12.9. The molecule has 412 valence electrons. The van der Waals surface area contributed by atoms with Crippen LogP contribution in [0.5, 0.6) is 0 Å². The van der Waals surface area contributed by atoms with Crippen molar-refractivity contribution < 1.29 is 28.6 Å². The van der Waals surface area contributed by atoms with Crippen molar-refractivity contribution >= 4 is 17.9 Å². The standard InChI is InChI=1S/C65H116O6/c1-4-7-10-13-16-19-22-25-28-31-32-35-37-40-43-46-49-52-55-58-64(67)70-61-62(71-65(68)59-56-53-50-47-44-41-38-34-30-27-24-21-18-15-12-9-6-3)60-69-63(66)57-54-51-48-45-42-39-36-33-29-26-23-20-17-14-11-8-5-2/h17-18,20-21,26-27,29-32,62H,4-16,19,22-25,28,33-61H2,1-3H3/b20-17-,21-18-,29-26-,30-27-,32-31-/t62-/m1/s1. The Kier molecular flexibility index (Phi) is 57.2. The fourth-order valence-corrected chi connectivity index (χ4v) is 8.79. The Labute approximate surface area is 440 Å². The third-order valence-electron chi connectivity index (χ3n) is 13.5. The average Bonchev–Trinajstić information content (AvgIpc) is 3.37. The van der Waals surface area contributed by atoms with E-state index >= 15 is 0 Å².